The van der Waals surface area contributed by atoms with Crippen molar-refractivity contribution in [3.63, 3.8) is 0 Å². The number of nitrogens with zero attached hydrogens (tertiary/aromatic N) is 1. The van der Waals surface area contributed by atoms with E-state index in [0.29, 0.717) is 0 Å². The fraction of sp³-hybridized carbons (Fsp3) is 0.909. The molecule has 0 atom stereocenters. The van der Waals surface area contributed by atoms with Gasteiger partial charge in [0.15, 0.2) is 0 Å². The molecule has 0 amide bonds. The third-order valence-corrected chi connectivity index (χ3v) is 3.58. The van der Waals surface area contributed by atoms with E-state index in [-0.39, 0.29) is 5.54 Å². The molecule has 80 valence electrons. The van der Waals surface area contributed by atoms with Gasteiger partial charge in [-0.3, -0.25) is 4.90 Å². The van der Waals surface area contributed by atoms with Crippen LogP contribution in [0.3, 0.4) is 0 Å². The van der Waals surface area contributed by atoms with Crippen molar-refractivity contribution in [1.82, 2.24) is 4.90 Å². The minimum Gasteiger partial charge on any atom is -0.379 e. The number of carbonyl (C=O) groups is 1. The highest BCUT2D eigenvalue weighted by Crippen LogP contribution is 2.32. The largest absolute Gasteiger partial charge is 0.379 e. The molecule has 1 aliphatic carbocycles. The van der Waals surface area contributed by atoms with Gasteiger partial charge in [0, 0.05) is 13.1 Å². The van der Waals surface area contributed by atoms with Gasteiger partial charge < -0.3 is 9.53 Å². The van der Waals surface area contributed by atoms with Crippen LogP contribution >= 0.6 is 0 Å². The van der Waals surface area contributed by atoms with Crippen molar-refractivity contribution in [2.75, 3.05) is 26.3 Å². The van der Waals surface area contributed by atoms with Crippen molar-refractivity contribution in [2.24, 2.45) is 0 Å². The molecule has 1 heterocycles. The summed E-state index contributed by atoms with van der Waals surface area (Å²) in [6.07, 6.45) is 7.00. The van der Waals surface area contributed by atoms with Crippen molar-refractivity contribution in [3.8, 4) is 0 Å². The van der Waals surface area contributed by atoms with Gasteiger partial charge in [0.25, 0.3) is 0 Å². The van der Waals surface area contributed by atoms with Crippen molar-refractivity contribution in [1.29, 1.82) is 0 Å². The first-order valence-electron chi connectivity index (χ1n) is 5.66. The number of hydrogen-bond acceptors (Lipinski definition) is 3. The second-order valence-electron chi connectivity index (χ2n) is 4.38. The molecule has 14 heavy (non-hydrogen) atoms. The summed E-state index contributed by atoms with van der Waals surface area (Å²) >= 11 is 0. The Hall–Kier alpha value is -0.410. The van der Waals surface area contributed by atoms with Crippen LogP contribution in [-0.2, 0) is 9.53 Å². The van der Waals surface area contributed by atoms with Gasteiger partial charge in [-0.15, -0.1) is 0 Å². The number of morpholine rings is 1. The maximum Gasteiger partial charge on any atom is 0.140 e. The Morgan fingerprint density at radius 2 is 1.71 bits per heavy atom. The summed E-state index contributed by atoms with van der Waals surface area (Å²) in [5.41, 5.74) is -0.137. The maximum absolute atomic E-state index is 11.3. The monoisotopic (exact) mass is 197 g/mol. The van der Waals surface area contributed by atoms with Gasteiger partial charge in [0.05, 0.1) is 18.8 Å². The van der Waals surface area contributed by atoms with Gasteiger partial charge in [-0.25, -0.2) is 0 Å². The second kappa shape index (κ2) is 4.41. The average molecular weight is 197 g/mol. The molecule has 0 aromatic heterocycles. The van der Waals surface area contributed by atoms with Gasteiger partial charge in [0.2, 0.25) is 0 Å². The average Bonchev–Trinajstić information content (AvgIpc) is 2.31. The molecule has 1 saturated carbocycles. The summed E-state index contributed by atoms with van der Waals surface area (Å²) in [7, 11) is 0. The lowest BCUT2D eigenvalue weighted by Gasteiger charge is -2.44. The van der Waals surface area contributed by atoms with Crippen LogP contribution in [0.4, 0.5) is 0 Å². The van der Waals surface area contributed by atoms with E-state index in [1.165, 1.54) is 25.5 Å². The molecule has 0 aromatic rings. The zero-order valence-corrected chi connectivity index (χ0v) is 8.71. The zero-order chi connectivity index (χ0) is 9.86. The normalized spacial score (nSPS) is 28.6. The van der Waals surface area contributed by atoms with Crippen LogP contribution in [0.5, 0.6) is 0 Å². The number of aldehydes is 1. The van der Waals surface area contributed by atoms with E-state index in [2.05, 4.69) is 4.90 Å². The zero-order valence-electron chi connectivity index (χ0n) is 8.71. The predicted molar refractivity (Wildman–Crippen MR) is 54.3 cm³/mol. The second-order valence-corrected chi connectivity index (χ2v) is 4.38. The Labute approximate surface area is 85.4 Å². The number of carbonyl (C=O) groups excluding carboxylic acids is 1. The Kier molecular flexibility index (Phi) is 3.19. The van der Waals surface area contributed by atoms with Crippen LogP contribution in [0.15, 0.2) is 0 Å². The first-order chi connectivity index (χ1) is 6.87. The lowest BCUT2D eigenvalue weighted by Crippen LogP contribution is -2.55. The Balaban J connectivity index is 2.04. The van der Waals surface area contributed by atoms with E-state index in [9.17, 15) is 4.79 Å². The van der Waals surface area contributed by atoms with Crippen LogP contribution in [0.1, 0.15) is 32.1 Å². The maximum atomic E-state index is 11.3. The van der Waals surface area contributed by atoms with Crippen LogP contribution in [0, 0.1) is 0 Å². The van der Waals surface area contributed by atoms with Crippen molar-refractivity contribution < 1.29 is 9.53 Å². The summed E-state index contributed by atoms with van der Waals surface area (Å²) in [6.45, 7) is 3.43. The van der Waals surface area contributed by atoms with Crippen LogP contribution in [0.25, 0.3) is 0 Å². The van der Waals surface area contributed by atoms with Crippen molar-refractivity contribution in [2.45, 2.75) is 37.6 Å². The highest BCUT2D eigenvalue weighted by Gasteiger charge is 2.38. The van der Waals surface area contributed by atoms with Crippen LogP contribution in [-0.4, -0.2) is 43.0 Å². The number of rotatable bonds is 2. The van der Waals surface area contributed by atoms with Crippen LogP contribution < -0.4 is 0 Å². The van der Waals surface area contributed by atoms with E-state index in [4.69, 9.17) is 4.74 Å². The Bertz CT molecular complexity index is 193. The first kappa shape index (κ1) is 10.1. The minimum absolute atomic E-state index is 0.137. The van der Waals surface area contributed by atoms with Crippen molar-refractivity contribution >= 4 is 6.29 Å². The number of hydrogen-bond donors (Lipinski definition) is 0. The van der Waals surface area contributed by atoms with E-state index in [1.807, 2.05) is 0 Å². The molecule has 1 aliphatic heterocycles. The topological polar surface area (TPSA) is 29.5 Å². The molecule has 0 unspecified atom stereocenters. The molecule has 2 rings (SSSR count). The minimum atomic E-state index is -0.137. The third-order valence-electron chi connectivity index (χ3n) is 3.58. The van der Waals surface area contributed by atoms with Crippen molar-refractivity contribution in [3.05, 3.63) is 0 Å². The molecular weight excluding hydrogens is 178 g/mol. The molecule has 2 fully saturated rings. The highest BCUT2D eigenvalue weighted by atomic mass is 16.5. The summed E-state index contributed by atoms with van der Waals surface area (Å²) in [5, 5.41) is 0. The van der Waals surface area contributed by atoms with E-state index in [0.717, 1.165) is 39.1 Å². The fourth-order valence-corrected chi connectivity index (χ4v) is 2.68. The smallest absolute Gasteiger partial charge is 0.140 e. The fourth-order valence-electron chi connectivity index (χ4n) is 2.68. The Morgan fingerprint density at radius 3 is 2.29 bits per heavy atom. The molecule has 0 N–H and O–H groups in total. The van der Waals surface area contributed by atoms with Gasteiger partial charge in [-0.1, -0.05) is 19.3 Å². The molecule has 3 nitrogen and oxygen atoms in total. The highest BCUT2D eigenvalue weighted by molar-refractivity contribution is 5.64. The SMILES string of the molecule is O=CC1(N2CCOCC2)CCCCC1. The van der Waals surface area contributed by atoms with Gasteiger partial charge in [-0.05, 0) is 12.8 Å². The standard InChI is InChI=1S/C11H19NO2/c13-10-11(4-2-1-3-5-11)12-6-8-14-9-7-12/h10H,1-9H2. The molecule has 0 aromatic carbocycles. The van der Waals surface area contributed by atoms with E-state index in [1.54, 1.807) is 0 Å². The van der Waals surface area contributed by atoms with Gasteiger partial charge in [0.1, 0.15) is 6.29 Å². The molecule has 0 bridgehead atoms. The third kappa shape index (κ3) is 1.84. The lowest BCUT2D eigenvalue weighted by molar-refractivity contribution is -0.124. The lowest BCUT2D eigenvalue weighted by atomic mass is 9.81. The van der Waals surface area contributed by atoms with Gasteiger partial charge >= 0.3 is 0 Å². The molecule has 2 aliphatic rings. The first-order valence-corrected chi connectivity index (χ1v) is 5.66. The van der Waals surface area contributed by atoms with E-state index < -0.39 is 0 Å². The van der Waals surface area contributed by atoms with E-state index >= 15 is 0 Å². The summed E-state index contributed by atoms with van der Waals surface area (Å²) in [6, 6.07) is 0. The predicted octanol–water partition coefficient (Wildman–Crippen LogP) is 1.22. The molecule has 3 heteroatoms. The summed E-state index contributed by atoms with van der Waals surface area (Å²) in [4.78, 5) is 13.6. The van der Waals surface area contributed by atoms with Gasteiger partial charge in [-0.2, -0.15) is 0 Å². The molecule has 1 saturated heterocycles. The quantitative estimate of drug-likeness (QED) is 0.623. The molecular formula is C11H19NO2. The Morgan fingerprint density at radius 1 is 1.07 bits per heavy atom. The molecule has 0 radical (unpaired) electrons. The van der Waals surface area contributed by atoms with Crippen LogP contribution in [0.2, 0.25) is 0 Å². The molecule has 0 spiro atoms. The number of ether oxygens (including phenoxy) is 1. The summed E-state index contributed by atoms with van der Waals surface area (Å²) < 4.78 is 5.32. The summed E-state index contributed by atoms with van der Waals surface area (Å²) in [5.74, 6) is 0.